The zero-order valence-corrected chi connectivity index (χ0v) is 16.2. The summed E-state index contributed by atoms with van der Waals surface area (Å²) in [5.74, 6) is -0.932. The maximum absolute atomic E-state index is 12.0. The maximum atomic E-state index is 12.0. The molecule has 1 heterocycles. The molecule has 0 fully saturated rings. The number of aryl methyl sites for hydroxylation is 1. The Kier molecular flexibility index (Phi) is 6.29. The largest absolute Gasteiger partial charge is 0.459 e. The highest BCUT2D eigenvalue weighted by Gasteiger charge is 2.16. The molecule has 7 heteroatoms. The van der Waals surface area contributed by atoms with E-state index in [2.05, 4.69) is 10.6 Å². The number of fused-ring (bicyclic) bond motifs is 1. The number of esters is 1. The van der Waals surface area contributed by atoms with Gasteiger partial charge < -0.3 is 19.8 Å². The van der Waals surface area contributed by atoms with Crippen LogP contribution >= 0.6 is 0 Å². The Morgan fingerprint density at radius 2 is 1.86 bits per heavy atom. The Hall–Kier alpha value is -3.61. The van der Waals surface area contributed by atoms with Crippen LogP contribution in [0.2, 0.25) is 0 Å². The van der Waals surface area contributed by atoms with E-state index in [-0.39, 0.29) is 18.5 Å². The van der Waals surface area contributed by atoms with E-state index in [1.54, 1.807) is 25.1 Å². The van der Waals surface area contributed by atoms with Gasteiger partial charge in [-0.25, -0.2) is 0 Å². The molecule has 0 aliphatic carbocycles. The third kappa shape index (κ3) is 5.44. The molecule has 7 nitrogen and oxygen atoms in total. The first-order valence-corrected chi connectivity index (χ1v) is 9.20. The Morgan fingerprint density at radius 1 is 1.07 bits per heavy atom. The number of furan rings is 1. The van der Waals surface area contributed by atoms with Crippen LogP contribution in [0.5, 0.6) is 0 Å². The van der Waals surface area contributed by atoms with Crippen molar-refractivity contribution in [2.75, 3.05) is 13.2 Å². The Morgan fingerprint density at radius 3 is 2.62 bits per heavy atom. The van der Waals surface area contributed by atoms with Gasteiger partial charge in [-0.05, 0) is 38.1 Å². The van der Waals surface area contributed by atoms with Gasteiger partial charge >= 0.3 is 5.97 Å². The number of benzene rings is 2. The first-order valence-electron chi connectivity index (χ1n) is 9.20. The number of ether oxygens (including phenoxy) is 1. The second kappa shape index (κ2) is 9.05. The van der Waals surface area contributed by atoms with E-state index in [1.807, 2.05) is 43.3 Å². The van der Waals surface area contributed by atoms with Crippen LogP contribution in [-0.4, -0.2) is 30.9 Å². The normalized spacial score (nSPS) is 11.7. The second-order valence-electron chi connectivity index (χ2n) is 6.69. The minimum Gasteiger partial charge on any atom is -0.459 e. The van der Waals surface area contributed by atoms with E-state index in [4.69, 9.17) is 9.15 Å². The van der Waals surface area contributed by atoms with Gasteiger partial charge in [0.2, 0.25) is 0 Å². The fraction of sp³-hybridized carbons (Fsp3) is 0.227. The van der Waals surface area contributed by atoms with Crippen LogP contribution in [0.15, 0.2) is 59.0 Å². The van der Waals surface area contributed by atoms with Crippen LogP contribution in [-0.2, 0) is 14.3 Å². The van der Waals surface area contributed by atoms with Crippen molar-refractivity contribution < 1.29 is 23.5 Å². The summed E-state index contributed by atoms with van der Waals surface area (Å²) in [6.07, 6.45) is 0. The summed E-state index contributed by atoms with van der Waals surface area (Å²) < 4.78 is 10.6. The van der Waals surface area contributed by atoms with Crippen molar-refractivity contribution in [3.63, 3.8) is 0 Å². The first kappa shape index (κ1) is 20.1. The number of para-hydroxylation sites is 1. The summed E-state index contributed by atoms with van der Waals surface area (Å²) in [6, 6.07) is 16.0. The highest BCUT2D eigenvalue weighted by Crippen LogP contribution is 2.23. The molecular formula is C22H22N2O5. The average Bonchev–Trinajstić information content (AvgIpc) is 3.15. The zero-order chi connectivity index (χ0) is 20.8. The van der Waals surface area contributed by atoms with Crippen LogP contribution < -0.4 is 10.6 Å². The lowest BCUT2D eigenvalue weighted by molar-refractivity contribution is -0.147. The zero-order valence-electron chi connectivity index (χ0n) is 16.2. The van der Waals surface area contributed by atoms with Crippen molar-refractivity contribution in [2.24, 2.45) is 0 Å². The molecule has 0 saturated heterocycles. The van der Waals surface area contributed by atoms with E-state index in [0.717, 1.165) is 16.5 Å². The molecule has 0 aliphatic rings. The van der Waals surface area contributed by atoms with Gasteiger partial charge in [0.1, 0.15) is 17.9 Å². The predicted octanol–water partition coefficient (Wildman–Crippen LogP) is 2.89. The molecular weight excluding hydrogens is 372 g/mol. The molecule has 3 rings (SSSR count). The van der Waals surface area contributed by atoms with E-state index >= 15 is 0 Å². The molecule has 0 radical (unpaired) electrons. The fourth-order valence-electron chi connectivity index (χ4n) is 2.81. The Bertz CT molecular complexity index is 1010. The third-order valence-corrected chi connectivity index (χ3v) is 4.29. The van der Waals surface area contributed by atoms with Gasteiger partial charge in [-0.2, -0.15) is 0 Å². The number of amides is 2. The molecule has 1 atom stereocenters. The van der Waals surface area contributed by atoms with Crippen molar-refractivity contribution in [2.45, 2.75) is 19.9 Å². The van der Waals surface area contributed by atoms with E-state index in [0.29, 0.717) is 11.3 Å². The van der Waals surface area contributed by atoms with Crippen molar-refractivity contribution in [1.82, 2.24) is 10.6 Å². The Balaban J connectivity index is 1.42. The van der Waals surface area contributed by atoms with Crippen molar-refractivity contribution >= 4 is 28.8 Å². The van der Waals surface area contributed by atoms with E-state index in [1.165, 1.54) is 0 Å². The lowest BCUT2D eigenvalue weighted by atomic mass is 10.1. The number of hydrogen-bond donors (Lipinski definition) is 2. The van der Waals surface area contributed by atoms with Crippen LogP contribution in [0.25, 0.3) is 11.0 Å². The number of carbonyl (C=O) groups excluding carboxylic acids is 3. The quantitative estimate of drug-likeness (QED) is 0.601. The molecule has 1 aromatic heterocycles. The summed E-state index contributed by atoms with van der Waals surface area (Å²) in [5, 5.41) is 6.13. The fourth-order valence-corrected chi connectivity index (χ4v) is 2.81. The van der Waals surface area contributed by atoms with Crippen molar-refractivity contribution in [1.29, 1.82) is 0 Å². The van der Waals surface area contributed by atoms with Crippen molar-refractivity contribution in [3.05, 3.63) is 71.5 Å². The molecule has 29 heavy (non-hydrogen) atoms. The summed E-state index contributed by atoms with van der Waals surface area (Å²) in [4.78, 5) is 35.8. The third-order valence-electron chi connectivity index (χ3n) is 4.29. The molecule has 2 N–H and O–H groups in total. The van der Waals surface area contributed by atoms with Crippen LogP contribution in [0.3, 0.4) is 0 Å². The highest BCUT2D eigenvalue weighted by molar-refractivity contribution is 5.96. The number of carbonyl (C=O) groups is 3. The molecule has 3 aromatic rings. The smallest absolute Gasteiger partial charge is 0.325 e. The summed E-state index contributed by atoms with van der Waals surface area (Å²) >= 11 is 0. The SMILES string of the molecule is Cc1cccc(C(=O)NCC(=O)OCC(=O)N[C@@H](C)c2cc3ccccc3o2)c1. The molecule has 150 valence electrons. The number of nitrogens with one attached hydrogen (secondary N) is 2. The van der Waals surface area contributed by atoms with Crippen molar-refractivity contribution in [3.8, 4) is 0 Å². The van der Waals surface area contributed by atoms with Crippen LogP contribution in [0.4, 0.5) is 0 Å². The average molecular weight is 394 g/mol. The molecule has 0 unspecified atom stereocenters. The van der Waals surface area contributed by atoms with Crippen LogP contribution in [0, 0.1) is 6.92 Å². The van der Waals surface area contributed by atoms with Crippen LogP contribution in [0.1, 0.15) is 34.6 Å². The highest BCUT2D eigenvalue weighted by atomic mass is 16.5. The second-order valence-corrected chi connectivity index (χ2v) is 6.69. The summed E-state index contributed by atoms with van der Waals surface area (Å²) in [5.41, 5.74) is 2.13. The number of rotatable bonds is 7. The molecule has 0 saturated carbocycles. The molecule has 0 bridgehead atoms. The minimum atomic E-state index is -0.697. The monoisotopic (exact) mass is 394 g/mol. The van der Waals surface area contributed by atoms with Gasteiger partial charge in [-0.15, -0.1) is 0 Å². The summed E-state index contributed by atoms with van der Waals surface area (Å²) in [6.45, 7) is 2.89. The molecule has 0 spiro atoms. The first-order chi connectivity index (χ1) is 13.9. The van der Waals surface area contributed by atoms with Gasteiger partial charge in [0, 0.05) is 10.9 Å². The Labute approximate surface area is 168 Å². The minimum absolute atomic E-state index is 0.320. The van der Waals surface area contributed by atoms with E-state index < -0.39 is 18.5 Å². The van der Waals surface area contributed by atoms with Gasteiger partial charge in [0.25, 0.3) is 11.8 Å². The van der Waals surface area contributed by atoms with Gasteiger partial charge in [-0.1, -0.05) is 35.9 Å². The lowest BCUT2D eigenvalue weighted by Crippen LogP contribution is -2.34. The van der Waals surface area contributed by atoms with Gasteiger partial charge in [-0.3, -0.25) is 14.4 Å². The standard InChI is InChI=1S/C22H22N2O5/c1-14-6-5-8-17(10-14)22(27)23-12-21(26)28-13-20(25)24-15(2)19-11-16-7-3-4-9-18(16)29-19/h3-11,15H,12-13H2,1-2H3,(H,23,27)(H,24,25)/t15-/m0/s1. The molecule has 2 aromatic carbocycles. The lowest BCUT2D eigenvalue weighted by Gasteiger charge is -2.12. The maximum Gasteiger partial charge on any atom is 0.325 e. The predicted molar refractivity (Wildman–Crippen MR) is 107 cm³/mol. The van der Waals surface area contributed by atoms with E-state index in [9.17, 15) is 14.4 Å². The molecule has 2 amide bonds. The van der Waals surface area contributed by atoms with Gasteiger partial charge in [0.05, 0.1) is 6.04 Å². The topological polar surface area (TPSA) is 97.6 Å². The number of hydrogen-bond acceptors (Lipinski definition) is 5. The summed E-state index contributed by atoms with van der Waals surface area (Å²) in [7, 11) is 0. The van der Waals surface area contributed by atoms with Gasteiger partial charge in [0.15, 0.2) is 6.61 Å². The molecule has 0 aliphatic heterocycles.